The van der Waals surface area contributed by atoms with Crippen molar-refractivity contribution in [3.8, 4) is 5.75 Å². The molecule has 0 amide bonds. The maximum absolute atomic E-state index is 6.19. The van der Waals surface area contributed by atoms with E-state index >= 15 is 0 Å². The average Bonchev–Trinajstić information content (AvgIpc) is 2.16. The van der Waals surface area contributed by atoms with Gasteiger partial charge in [-0.1, -0.05) is 32.0 Å². The molecule has 0 aliphatic rings. The lowest BCUT2D eigenvalue weighted by Gasteiger charge is -2.19. The highest BCUT2D eigenvalue weighted by Gasteiger charge is 2.13. The molecule has 2 nitrogen and oxygen atoms in total. The second-order valence-electron chi connectivity index (χ2n) is 4.94. The minimum atomic E-state index is 0. The van der Waals surface area contributed by atoms with E-state index in [0.29, 0.717) is 5.92 Å². The molecule has 1 aromatic carbocycles. The fourth-order valence-corrected chi connectivity index (χ4v) is 1.78. The number of benzene rings is 1. The number of rotatable bonds is 5. The third kappa shape index (κ3) is 5.42. The number of nitrogens with two attached hydrogens (primary N) is 1. The molecular formula is C14H24ClNO. The predicted octanol–water partition coefficient (Wildman–Crippen LogP) is 3.94. The quantitative estimate of drug-likeness (QED) is 0.867. The minimum absolute atomic E-state index is 0. The Morgan fingerprint density at radius 1 is 1.12 bits per heavy atom. The largest absolute Gasteiger partial charge is 0.491 e. The molecular weight excluding hydrogens is 234 g/mol. The molecule has 0 aromatic heterocycles. The van der Waals surface area contributed by atoms with Gasteiger partial charge >= 0.3 is 0 Å². The Kier molecular flexibility index (Phi) is 7.24. The first-order valence-corrected chi connectivity index (χ1v) is 6.02. The summed E-state index contributed by atoms with van der Waals surface area (Å²) in [5.74, 6) is 1.52. The van der Waals surface area contributed by atoms with Crippen LogP contribution in [0.25, 0.3) is 0 Å². The van der Waals surface area contributed by atoms with Gasteiger partial charge in [0.25, 0.3) is 0 Å². The van der Waals surface area contributed by atoms with E-state index < -0.39 is 0 Å². The summed E-state index contributed by atoms with van der Waals surface area (Å²) >= 11 is 0. The van der Waals surface area contributed by atoms with Gasteiger partial charge in [-0.25, -0.2) is 0 Å². The molecule has 0 saturated heterocycles. The molecule has 2 N–H and O–H groups in total. The van der Waals surface area contributed by atoms with Crippen molar-refractivity contribution < 1.29 is 4.74 Å². The van der Waals surface area contributed by atoms with Crippen LogP contribution in [0.4, 0.5) is 0 Å². The zero-order chi connectivity index (χ0) is 12.1. The standard InChI is InChI=1S/C14H23NO.ClH/c1-10(2)9-13(15)12-7-5-6-8-14(12)16-11(3)4;/h5-8,10-11,13H,9,15H2,1-4H3;1H/t13-;/m0./s1. The molecule has 0 unspecified atom stereocenters. The van der Waals surface area contributed by atoms with Crippen LogP contribution >= 0.6 is 12.4 Å². The normalized spacial score (nSPS) is 12.4. The zero-order valence-corrected chi connectivity index (χ0v) is 12.0. The highest BCUT2D eigenvalue weighted by atomic mass is 35.5. The zero-order valence-electron chi connectivity index (χ0n) is 11.1. The second kappa shape index (κ2) is 7.57. The van der Waals surface area contributed by atoms with Gasteiger partial charge in [-0.05, 0) is 32.3 Å². The molecule has 3 heteroatoms. The molecule has 0 radical (unpaired) electrons. The van der Waals surface area contributed by atoms with Crippen molar-refractivity contribution in [2.75, 3.05) is 0 Å². The first-order chi connectivity index (χ1) is 7.50. The van der Waals surface area contributed by atoms with Crippen LogP contribution in [0.15, 0.2) is 24.3 Å². The number of hydrogen-bond acceptors (Lipinski definition) is 2. The van der Waals surface area contributed by atoms with E-state index in [2.05, 4.69) is 19.9 Å². The summed E-state index contributed by atoms with van der Waals surface area (Å²) in [5.41, 5.74) is 7.31. The number of halogens is 1. The van der Waals surface area contributed by atoms with Gasteiger partial charge in [0.1, 0.15) is 5.75 Å². The second-order valence-corrected chi connectivity index (χ2v) is 4.94. The summed E-state index contributed by atoms with van der Waals surface area (Å²) in [4.78, 5) is 0. The Bertz CT molecular complexity index is 326. The van der Waals surface area contributed by atoms with E-state index in [0.717, 1.165) is 17.7 Å². The summed E-state index contributed by atoms with van der Waals surface area (Å²) in [6.07, 6.45) is 1.17. The van der Waals surface area contributed by atoms with Crippen molar-refractivity contribution >= 4 is 12.4 Å². The predicted molar refractivity (Wildman–Crippen MR) is 75.8 cm³/mol. The van der Waals surface area contributed by atoms with Crippen LogP contribution in [0.5, 0.6) is 5.75 Å². The Labute approximate surface area is 111 Å². The van der Waals surface area contributed by atoms with E-state index in [1.54, 1.807) is 0 Å². The summed E-state index contributed by atoms with van der Waals surface area (Å²) < 4.78 is 5.77. The molecule has 0 aliphatic carbocycles. The Balaban J connectivity index is 0.00000256. The van der Waals surface area contributed by atoms with E-state index in [1.165, 1.54) is 0 Å². The van der Waals surface area contributed by atoms with Crippen LogP contribution in [0, 0.1) is 5.92 Å². The molecule has 98 valence electrons. The lowest BCUT2D eigenvalue weighted by Crippen LogP contribution is -2.16. The minimum Gasteiger partial charge on any atom is -0.491 e. The first kappa shape index (κ1) is 16.3. The molecule has 1 atom stereocenters. The number of hydrogen-bond donors (Lipinski definition) is 1. The summed E-state index contributed by atoms with van der Waals surface area (Å²) in [6.45, 7) is 8.44. The molecule has 0 spiro atoms. The third-order valence-corrected chi connectivity index (χ3v) is 2.41. The van der Waals surface area contributed by atoms with Crippen LogP contribution in [-0.4, -0.2) is 6.10 Å². The van der Waals surface area contributed by atoms with Gasteiger partial charge < -0.3 is 10.5 Å². The molecule has 0 aliphatic heterocycles. The van der Waals surface area contributed by atoms with E-state index in [-0.39, 0.29) is 24.6 Å². The van der Waals surface area contributed by atoms with E-state index in [4.69, 9.17) is 10.5 Å². The number of para-hydroxylation sites is 1. The monoisotopic (exact) mass is 257 g/mol. The van der Waals surface area contributed by atoms with Gasteiger partial charge in [0.05, 0.1) is 6.10 Å². The van der Waals surface area contributed by atoms with Gasteiger partial charge in [-0.2, -0.15) is 0 Å². The lowest BCUT2D eigenvalue weighted by atomic mass is 9.97. The molecule has 0 heterocycles. The van der Waals surface area contributed by atoms with Crippen molar-refractivity contribution in [1.82, 2.24) is 0 Å². The van der Waals surface area contributed by atoms with Gasteiger partial charge in [-0.3, -0.25) is 0 Å². The van der Waals surface area contributed by atoms with Crippen molar-refractivity contribution in [2.24, 2.45) is 11.7 Å². The van der Waals surface area contributed by atoms with Crippen LogP contribution in [-0.2, 0) is 0 Å². The Morgan fingerprint density at radius 3 is 2.24 bits per heavy atom. The van der Waals surface area contributed by atoms with Crippen molar-refractivity contribution in [3.05, 3.63) is 29.8 Å². The molecule has 1 rings (SSSR count). The summed E-state index contributed by atoms with van der Waals surface area (Å²) in [7, 11) is 0. The van der Waals surface area contributed by atoms with Gasteiger partial charge in [0, 0.05) is 11.6 Å². The van der Waals surface area contributed by atoms with Crippen molar-refractivity contribution in [2.45, 2.75) is 46.3 Å². The average molecular weight is 258 g/mol. The molecule has 0 bridgehead atoms. The summed E-state index contributed by atoms with van der Waals surface area (Å²) in [6, 6.07) is 8.13. The van der Waals surface area contributed by atoms with Crippen molar-refractivity contribution in [1.29, 1.82) is 0 Å². The molecule has 0 saturated carbocycles. The van der Waals surface area contributed by atoms with Gasteiger partial charge in [0.15, 0.2) is 0 Å². The number of ether oxygens (including phenoxy) is 1. The van der Waals surface area contributed by atoms with Crippen molar-refractivity contribution in [3.63, 3.8) is 0 Å². The molecule has 1 aromatic rings. The fourth-order valence-electron chi connectivity index (χ4n) is 1.78. The SMILES string of the molecule is CC(C)C[C@H](N)c1ccccc1OC(C)C.Cl. The van der Waals surface area contributed by atoms with E-state index in [9.17, 15) is 0 Å². The third-order valence-electron chi connectivity index (χ3n) is 2.41. The van der Waals surface area contributed by atoms with Crippen LogP contribution < -0.4 is 10.5 Å². The highest BCUT2D eigenvalue weighted by molar-refractivity contribution is 5.85. The maximum atomic E-state index is 6.19. The van der Waals surface area contributed by atoms with Crippen LogP contribution in [0.2, 0.25) is 0 Å². The lowest BCUT2D eigenvalue weighted by molar-refractivity contribution is 0.238. The maximum Gasteiger partial charge on any atom is 0.124 e. The molecule has 0 fully saturated rings. The van der Waals surface area contributed by atoms with Crippen LogP contribution in [0.1, 0.15) is 45.7 Å². The smallest absolute Gasteiger partial charge is 0.124 e. The topological polar surface area (TPSA) is 35.2 Å². The van der Waals surface area contributed by atoms with E-state index in [1.807, 2.05) is 32.0 Å². The Hall–Kier alpha value is -0.730. The molecule has 17 heavy (non-hydrogen) atoms. The van der Waals surface area contributed by atoms with Crippen LogP contribution in [0.3, 0.4) is 0 Å². The fraction of sp³-hybridized carbons (Fsp3) is 0.571. The Morgan fingerprint density at radius 2 is 1.71 bits per heavy atom. The summed E-state index contributed by atoms with van der Waals surface area (Å²) in [5, 5.41) is 0. The van der Waals surface area contributed by atoms with Gasteiger partial charge in [-0.15, -0.1) is 12.4 Å². The first-order valence-electron chi connectivity index (χ1n) is 6.02. The highest BCUT2D eigenvalue weighted by Crippen LogP contribution is 2.28. The van der Waals surface area contributed by atoms with Gasteiger partial charge in [0.2, 0.25) is 0 Å².